The average molecular weight is 465 g/mol. The van der Waals surface area contributed by atoms with Gasteiger partial charge in [-0.3, -0.25) is 4.57 Å². The number of halogens is 2. The van der Waals surface area contributed by atoms with Crippen molar-refractivity contribution in [3.8, 4) is 10.4 Å². The van der Waals surface area contributed by atoms with E-state index in [1.54, 1.807) is 11.3 Å². The van der Waals surface area contributed by atoms with E-state index in [0.29, 0.717) is 24.4 Å². The van der Waals surface area contributed by atoms with Crippen molar-refractivity contribution >= 4 is 23.7 Å². The van der Waals surface area contributed by atoms with Crippen molar-refractivity contribution in [3.63, 3.8) is 0 Å². The number of thiophene rings is 1. The molecule has 31 heavy (non-hydrogen) atoms. The third-order valence-electron chi connectivity index (χ3n) is 5.44. The summed E-state index contributed by atoms with van der Waals surface area (Å²) < 4.78 is 20.9. The maximum Gasteiger partial charge on any atom is 0.346 e. The van der Waals surface area contributed by atoms with Gasteiger partial charge < -0.3 is 10.5 Å². The van der Waals surface area contributed by atoms with Gasteiger partial charge in [-0.15, -0.1) is 23.7 Å². The number of aromatic nitrogens is 3. The Labute approximate surface area is 190 Å². The number of benzene rings is 1. The Hall–Kier alpha value is -2.26. The summed E-state index contributed by atoms with van der Waals surface area (Å²) in [7, 11) is 0. The van der Waals surface area contributed by atoms with Crippen LogP contribution in [0.4, 0.5) is 4.39 Å². The summed E-state index contributed by atoms with van der Waals surface area (Å²) in [6.07, 6.45) is 4.08. The summed E-state index contributed by atoms with van der Waals surface area (Å²) in [6.45, 7) is 2.23. The molecule has 3 aromatic rings. The number of nitrogens with two attached hydrogens (primary N) is 1. The third kappa shape index (κ3) is 5.51. The highest BCUT2D eigenvalue weighted by Crippen LogP contribution is 2.32. The van der Waals surface area contributed by atoms with Gasteiger partial charge in [0.1, 0.15) is 6.33 Å². The summed E-state index contributed by atoms with van der Waals surface area (Å²) in [5, 5.41) is 4.07. The van der Waals surface area contributed by atoms with Gasteiger partial charge in [0.25, 0.3) is 0 Å². The Bertz CT molecular complexity index is 1070. The largest absolute Gasteiger partial charge is 0.381 e. The van der Waals surface area contributed by atoms with Gasteiger partial charge in [-0.05, 0) is 47.6 Å². The maximum absolute atomic E-state index is 12.7. The number of ether oxygens (including phenoxy) is 1. The standard InChI is InChI=1S/C22H25FN4O2S.ClH/c23-11-16(12-24)13-27-22(28)26(15-25-27)14-20-5-6-21(30-20)19-3-1-17(2-4-19)18-7-9-29-10-8-18;/h1-6,11,15,18H,7-10,12-14,24H2;1H/b16-11+;. The molecule has 9 heteroatoms. The molecule has 1 aliphatic rings. The summed E-state index contributed by atoms with van der Waals surface area (Å²) in [5.74, 6) is 0.585. The van der Waals surface area contributed by atoms with Gasteiger partial charge in [-0.1, -0.05) is 24.3 Å². The first-order chi connectivity index (χ1) is 14.7. The van der Waals surface area contributed by atoms with Gasteiger partial charge in [0.15, 0.2) is 0 Å². The van der Waals surface area contributed by atoms with Crippen LogP contribution >= 0.6 is 23.7 Å². The smallest absolute Gasteiger partial charge is 0.346 e. The van der Waals surface area contributed by atoms with Crippen LogP contribution in [0.3, 0.4) is 0 Å². The Balaban J connectivity index is 0.00000272. The fraction of sp³-hybridized carbons (Fsp3) is 0.364. The van der Waals surface area contributed by atoms with Gasteiger partial charge in [-0.25, -0.2) is 13.9 Å². The van der Waals surface area contributed by atoms with Crippen LogP contribution in [0.2, 0.25) is 0 Å². The molecule has 166 valence electrons. The van der Waals surface area contributed by atoms with Crippen molar-refractivity contribution in [2.45, 2.75) is 31.8 Å². The first-order valence-electron chi connectivity index (χ1n) is 10.0. The van der Waals surface area contributed by atoms with Crippen molar-refractivity contribution in [1.82, 2.24) is 14.3 Å². The summed E-state index contributed by atoms with van der Waals surface area (Å²) >= 11 is 1.65. The van der Waals surface area contributed by atoms with Crippen LogP contribution in [-0.2, 0) is 17.8 Å². The van der Waals surface area contributed by atoms with Crippen LogP contribution in [0.25, 0.3) is 10.4 Å². The Kier molecular flexibility index (Phi) is 8.20. The third-order valence-corrected chi connectivity index (χ3v) is 6.56. The Morgan fingerprint density at radius 1 is 1.23 bits per heavy atom. The number of hydrogen-bond acceptors (Lipinski definition) is 5. The highest BCUT2D eigenvalue weighted by Gasteiger charge is 2.16. The monoisotopic (exact) mass is 464 g/mol. The molecule has 0 unspecified atom stereocenters. The van der Waals surface area contributed by atoms with E-state index in [2.05, 4.69) is 35.4 Å². The van der Waals surface area contributed by atoms with Gasteiger partial charge >= 0.3 is 5.69 Å². The van der Waals surface area contributed by atoms with Crippen LogP contribution < -0.4 is 11.4 Å². The lowest BCUT2D eigenvalue weighted by molar-refractivity contribution is 0.0853. The number of rotatable bonds is 7. The fourth-order valence-corrected chi connectivity index (χ4v) is 4.67. The molecule has 0 aliphatic carbocycles. The maximum atomic E-state index is 12.7. The lowest BCUT2D eigenvalue weighted by Crippen LogP contribution is -2.26. The van der Waals surface area contributed by atoms with E-state index in [1.807, 2.05) is 6.07 Å². The summed E-state index contributed by atoms with van der Waals surface area (Å²) in [5.41, 5.74) is 8.05. The molecule has 3 heterocycles. The van der Waals surface area contributed by atoms with E-state index < -0.39 is 0 Å². The highest BCUT2D eigenvalue weighted by molar-refractivity contribution is 7.15. The molecule has 0 saturated carbocycles. The molecular weight excluding hydrogens is 439 g/mol. The molecule has 2 aromatic heterocycles. The molecule has 1 aliphatic heterocycles. The van der Waals surface area contributed by atoms with Gasteiger partial charge in [0.05, 0.1) is 19.4 Å². The zero-order valence-corrected chi connectivity index (χ0v) is 18.7. The van der Waals surface area contributed by atoms with E-state index in [-0.39, 0.29) is 31.2 Å². The topological polar surface area (TPSA) is 75.1 Å². The predicted octanol–water partition coefficient (Wildman–Crippen LogP) is 3.95. The van der Waals surface area contributed by atoms with Crippen molar-refractivity contribution < 1.29 is 9.13 Å². The van der Waals surface area contributed by atoms with Gasteiger partial charge in [0.2, 0.25) is 0 Å². The van der Waals surface area contributed by atoms with Gasteiger partial charge in [-0.2, -0.15) is 5.10 Å². The number of hydrogen-bond donors (Lipinski definition) is 1. The normalized spacial score (nSPS) is 15.1. The first-order valence-corrected chi connectivity index (χ1v) is 10.9. The summed E-state index contributed by atoms with van der Waals surface area (Å²) in [4.78, 5) is 14.7. The van der Waals surface area contributed by atoms with Crippen molar-refractivity contribution in [2.24, 2.45) is 5.73 Å². The lowest BCUT2D eigenvalue weighted by Gasteiger charge is -2.22. The van der Waals surface area contributed by atoms with E-state index >= 15 is 0 Å². The number of nitrogens with zero attached hydrogens (tertiary/aromatic N) is 3. The second-order valence-electron chi connectivity index (χ2n) is 7.45. The molecule has 0 spiro atoms. The summed E-state index contributed by atoms with van der Waals surface area (Å²) in [6, 6.07) is 12.9. The minimum Gasteiger partial charge on any atom is -0.381 e. The average Bonchev–Trinajstić information content (AvgIpc) is 3.40. The predicted molar refractivity (Wildman–Crippen MR) is 124 cm³/mol. The SMILES string of the molecule is Cl.NC/C(=C\F)Cn1ncn(Cc2ccc(-c3ccc(C4CCOCC4)cc3)s2)c1=O. The van der Waals surface area contributed by atoms with Crippen molar-refractivity contribution in [1.29, 1.82) is 0 Å². The molecule has 1 saturated heterocycles. The Morgan fingerprint density at radius 2 is 1.97 bits per heavy atom. The molecular formula is C22H26ClFN4O2S. The van der Waals surface area contributed by atoms with Crippen molar-refractivity contribution in [3.05, 3.63) is 75.6 Å². The van der Waals surface area contributed by atoms with E-state index in [1.165, 1.54) is 26.7 Å². The molecule has 2 N–H and O–H groups in total. The Morgan fingerprint density at radius 3 is 2.65 bits per heavy atom. The fourth-order valence-electron chi connectivity index (χ4n) is 3.66. The van der Waals surface area contributed by atoms with Crippen LogP contribution in [0.15, 0.2) is 59.4 Å². The van der Waals surface area contributed by atoms with E-state index in [4.69, 9.17) is 10.5 Å². The molecule has 1 fully saturated rings. The molecule has 1 aromatic carbocycles. The van der Waals surface area contributed by atoms with Crippen LogP contribution in [0.5, 0.6) is 0 Å². The van der Waals surface area contributed by atoms with E-state index in [9.17, 15) is 9.18 Å². The minimum absolute atomic E-state index is 0. The highest BCUT2D eigenvalue weighted by atomic mass is 35.5. The van der Waals surface area contributed by atoms with Crippen LogP contribution in [0.1, 0.15) is 29.2 Å². The lowest BCUT2D eigenvalue weighted by atomic mass is 9.91. The second-order valence-corrected chi connectivity index (χ2v) is 8.61. The zero-order chi connectivity index (χ0) is 20.9. The molecule has 6 nitrogen and oxygen atoms in total. The molecule has 0 bridgehead atoms. The van der Waals surface area contributed by atoms with Gasteiger partial charge in [0, 0.05) is 29.5 Å². The first kappa shape index (κ1) is 23.4. The van der Waals surface area contributed by atoms with Crippen LogP contribution in [-0.4, -0.2) is 34.1 Å². The second kappa shape index (κ2) is 10.9. The quantitative estimate of drug-likeness (QED) is 0.574. The minimum atomic E-state index is -0.279. The molecule has 0 atom stereocenters. The molecule has 0 radical (unpaired) electrons. The van der Waals surface area contributed by atoms with Crippen molar-refractivity contribution in [2.75, 3.05) is 19.8 Å². The van der Waals surface area contributed by atoms with Crippen LogP contribution in [0, 0.1) is 0 Å². The molecule has 0 amide bonds. The zero-order valence-electron chi connectivity index (χ0n) is 17.1. The van der Waals surface area contributed by atoms with E-state index in [0.717, 1.165) is 35.8 Å². The molecule has 4 rings (SSSR count).